The van der Waals surface area contributed by atoms with Crippen LogP contribution in [0.15, 0.2) is 15.5 Å². The fourth-order valence-electron chi connectivity index (χ4n) is 1.17. The highest BCUT2D eigenvalue weighted by Crippen LogP contribution is 2.19. The van der Waals surface area contributed by atoms with Crippen LogP contribution in [-0.4, -0.2) is 28.5 Å². The Morgan fingerprint density at radius 2 is 2.22 bits per heavy atom. The molecule has 1 aromatic rings. The SMILES string of the molecule is CC(CN)Nc1cnn(CC(F)(F)F)c(=O)c1Br. The van der Waals surface area contributed by atoms with Gasteiger partial charge in [-0.05, 0) is 22.9 Å². The quantitative estimate of drug-likeness (QED) is 0.874. The van der Waals surface area contributed by atoms with E-state index >= 15 is 0 Å². The summed E-state index contributed by atoms with van der Waals surface area (Å²) in [5, 5.41) is 6.32. The Kier molecular flexibility index (Phi) is 4.74. The molecule has 0 amide bonds. The molecule has 5 nitrogen and oxygen atoms in total. The predicted octanol–water partition coefficient (Wildman–Crippen LogP) is 1.33. The van der Waals surface area contributed by atoms with Crippen LogP contribution in [0.25, 0.3) is 0 Å². The number of nitrogens with two attached hydrogens (primary N) is 1. The summed E-state index contributed by atoms with van der Waals surface area (Å²) in [7, 11) is 0. The second-order valence-electron chi connectivity index (χ2n) is 3.73. The highest BCUT2D eigenvalue weighted by molar-refractivity contribution is 9.10. The van der Waals surface area contributed by atoms with Crippen molar-refractivity contribution in [2.24, 2.45) is 5.73 Å². The first-order valence-corrected chi connectivity index (χ1v) is 5.83. The Bertz CT molecular complexity index is 474. The summed E-state index contributed by atoms with van der Waals surface area (Å²) >= 11 is 2.95. The van der Waals surface area contributed by atoms with Gasteiger partial charge in [0.15, 0.2) is 0 Å². The van der Waals surface area contributed by atoms with E-state index in [4.69, 9.17) is 5.73 Å². The van der Waals surface area contributed by atoms with Crippen LogP contribution < -0.4 is 16.6 Å². The fraction of sp³-hybridized carbons (Fsp3) is 0.556. The topological polar surface area (TPSA) is 72.9 Å². The second-order valence-corrected chi connectivity index (χ2v) is 4.52. The maximum atomic E-state index is 12.2. The van der Waals surface area contributed by atoms with Crippen molar-refractivity contribution in [2.45, 2.75) is 25.7 Å². The zero-order valence-electron chi connectivity index (χ0n) is 9.46. The van der Waals surface area contributed by atoms with Crippen LogP contribution in [-0.2, 0) is 6.54 Å². The van der Waals surface area contributed by atoms with Crippen LogP contribution in [0.5, 0.6) is 0 Å². The summed E-state index contributed by atoms with van der Waals surface area (Å²) in [6.45, 7) is 0.670. The van der Waals surface area contributed by atoms with Gasteiger partial charge in [0.05, 0.1) is 11.9 Å². The number of halogens is 4. The minimum absolute atomic E-state index is 0.00190. The molecule has 18 heavy (non-hydrogen) atoms. The van der Waals surface area contributed by atoms with E-state index in [-0.39, 0.29) is 10.5 Å². The molecular formula is C9H12BrF3N4O. The van der Waals surface area contributed by atoms with Crippen LogP contribution in [0, 0.1) is 0 Å². The standard InChI is InChI=1S/C9H12BrF3N4O/c1-5(2-14)16-6-3-15-17(4-9(11,12)13)8(18)7(6)10/h3,5,16H,2,4,14H2,1H3. The maximum Gasteiger partial charge on any atom is 0.408 e. The first kappa shape index (κ1) is 15.0. The average molecular weight is 329 g/mol. The molecular weight excluding hydrogens is 317 g/mol. The average Bonchev–Trinajstić information content (AvgIpc) is 2.27. The van der Waals surface area contributed by atoms with E-state index in [0.717, 1.165) is 6.20 Å². The molecule has 0 saturated carbocycles. The largest absolute Gasteiger partial charge is 0.408 e. The van der Waals surface area contributed by atoms with Crippen molar-refractivity contribution in [1.82, 2.24) is 9.78 Å². The second kappa shape index (κ2) is 5.70. The van der Waals surface area contributed by atoms with Gasteiger partial charge in [0.2, 0.25) is 0 Å². The summed E-state index contributed by atoms with van der Waals surface area (Å²) in [5.74, 6) is 0. The van der Waals surface area contributed by atoms with Crippen molar-refractivity contribution in [1.29, 1.82) is 0 Å². The van der Waals surface area contributed by atoms with Crippen molar-refractivity contribution in [2.75, 3.05) is 11.9 Å². The molecule has 0 radical (unpaired) electrons. The number of rotatable bonds is 4. The Hall–Kier alpha value is -1.09. The number of nitrogens with zero attached hydrogens (tertiary/aromatic N) is 2. The molecule has 1 aromatic heterocycles. The zero-order valence-corrected chi connectivity index (χ0v) is 11.0. The van der Waals surface area contributed by atoms with E-state index in [1.54, 1.807) is 6.92 Å². The molecule has 9 heteroatoms. The third-order valence-electron chi connectivity index (χ3n) is 2.07. The molecule has 0 bridgehead atoms. The van der Waals surface area contributed by atoms with Gasteiger partial charge in [-0.1, -0.05) is 0 Å². The van der Waals surface area contributed by atoms with E-state index in [2.05, 4.69) is 26.3 Å². The molecule has 1 unspecified atom stereocenters. The van der Waals surface area contributed by atoms with Crippen molar-refractivity contribution in [3.8, 4) is 0 Å². The van der Waals surface area contributed by atoms with E-state index in [0.29, 0.717) is 16.9 Å². The summed E-state index contributed by atoms with van der Waals surface area (Å²) in [5.41, 5.74) is 4.86. The molecule has 0 saturated heterocycles. The van der Waals surface area contributed by atoms with E-state index < -0.39 is 18.3 Å². The van der Waals surface area contributed by atoms with Crippen molar-refractivity contribution in [3.05, 3.63) is 21.0 Å². The molecule has 0 fully saturated rings. The molecule has 0 spiro atoms. The Morgan fingerprint density at radius 3 is 2.72 bits per heavy atom. The minimum Gasteiger partial charge on any atom is -0.379 e. The molecule has 0 aliphatic rings. The number of hydrogen-bond acceptors (Lipinski definition) is 4. The van der Waals surface area contributed by atoms with Gasteiger partial charge in [0.1, 0.15) is 11.0 Å². The third kappa shape index (κ3) is 3.98. The van der Waals surface area contributed by atoms with Gasteiger partial charge in [-0.2, -0.15) is 18.3 Å². The zero-order chi connectivity index (χ0) is 13.9. The van der Waals surface area contributed by atoms with E-state index in [1.165, 1.54) is 0 Å². The Labute approximate surface area is 109 Å². The smallest absolute Gasteiger partial charge is 0.379 e. The molecule has 3 N–H and O–H groups in total. The van der Waals surface area contributed by atoms with Crippen molar-refractivity contribution in [3.63, 3.8) is 0 Å². The molecule has 1 rings (SSSR count). The number of nitrogens with one attached hydrogen (secondary N) is 1. The van der Waals surface area contributed by atoms with Gasteiger partial charge in [0.25, 0.3) is 5.56 Å². The van der Waals surface area contributed by atoms with Gasteiger partial charge in [0, 0.05) is 12.6 Å². The highest BCUT2D eigenvalue weighted by Gasteiger charge is 2.29. The van der Waals surface area contributed by atoms with Gasteiger partial charge in [-0.3, -0.25) is 4.79 Å². The van der Waals surface area contributed by atoms with Gasteiger partial charge < -0.3 is 11.1 Å². The summed E-state index contributed by atoms with van der Waals surface area (Å²) in [6, 6.07) is -0.124. The van der Waals surface area contributed by atoms with Gasteiger partial charge >= 0.3 is 6.18 Å². The molecule has 0 aliphatic carbocycles. The van der Waals surface area contributed by atoms with Gasteiger partial charge in [-0.15, -0.1) is 0 Å². The first-order valence-electron chi connectivity index (χ1n) is 5.03. The van der Waals surface area contributed by atoms with Crippen LogP contribution in [0.2, 0.25) is 0 Å². The maximum absolute atomic E-state index is 12.2. The van der Waals surface area contributed by atoms with Crippen LogP contribution in [0.3, 0.4) is 0 Å². The Balaban J connectivity index is 3.02. The van der Waals surface area contributed by atoms with Crippen molar-refractivity contribution < 1.29 is 13.2 Å². The predicted molar refractivity (Wildman–Crippen MR) is 64.4 cm³/mol. The normalized spacial score (nSPS) is 13.4. The highest BCUT2D eigenvalue weighted by atomic mass is 79.9. The lowest BCUT2D eigenvalue weighted by Gasteiger charge is -2.15. The lowest BCUT2D eigenvalue weighted by Crippen LogP contribution is -2.32. The number of hydrogen-bond donors (Lipinski definition) is 2. The molecule has 0 aliphatic heterocycles. The van der Waals surface area contributed by atoms with Crippen LogP contribution >= 0.6 is 15.9 Å². The Morgan fingerprint density at radius 1 is 1.61 bits per heavy atom. The van der Waals surface area contributed by atoms with Gasteiger partial charge in [-0.25, -0.2) is 4.68 Å². The molecule has 1 atom stereocenters. The van der Waals surface area contributed by atoms with Crippen molar-refractivity contribution >= 4 is 21.6 Å². The third-order valence-corrected chi connectivity index (χ3v) is 2.84. The van der Waals surface area contributed by atoms with E-state index in [9.17, 15) is 18.0 Å². The number of alkyl halides is 3. The molecule has 102 valence electrons. The monoisotopic (exact) mass is 328 g/mol. The van der Waals surface area contributed by atoms with E-state index in [1.807, 2.05) is 0 Å². The summed E-state index contributed by atoms with van der Waals surface area (Å²) in [4.78, 5) is 11.6. The van der Waals surface area contributed by atoms with Crippen LogP contribution in [0.1, 0.15) is 6.92 Å². The number of aromatic nitrogens is 2. The van der Waals surface area contributed by atoms with Crippen LogP contribution in [0.4, 0.5) is 18.9 Å². The summed E-state index contributed by atoms with van der Waals surface area (Å²) in [6.07, 6.45) is -3.33. The molecule has 1 heterocycles. The fourth-order valence-corrected chi connectivity index (χ4v) is 1.59. The first-order chi connectivity index (χ1) is 8.24. The minimum atomic E-state index is -4.49. The lowest BCUT2D eigenvalue weighted by atomic mass is 10.3. The molecule has 0 aromatic carbocycles. The summed E-state index contributed by atoms with van der Waals surface area (Å²) < 4.78 is 36.9. The number of anilines is 1. The lowest BCUT2D eigenvalue weighted by molar-refractivity contribution is -0.143.